The van der Waals surface area contributed by atoms with Gasteiger partial charge >= 0.3 is 0 Å². The lowest BCUT2D eigenvalue weighted by Crippen LogP contribution is -2.11. The van der Waals surface area contributed by atoms with Crippen LogP contribution in [0.4, 0.5) is 0 Å². The first-order valence-corrected chi connectivity index (χ1v) is 5.82. The summed E-state index contributed by atoms with van der Waals surface area (Å²) >= 11 is 1.61. The summed E-state index contributed by atoms with van der Waals surface area (Å²) < 4.78 is 0. The first kappa shape index (κ1) is 11.1. The molecule has 0 aliphatic carbocycles. The molecule has 0 saturated carbocycles. The largest absolute Gasteiger partial charge is 0.313 e. The van der Waals surface area contributed by atoms with E-state index in [0.29, 0.717) is 0 Å². The number of hydrogen-bond donors (Lipinski definition) is 1. The van der Waals surface area contributed by atoms with Gasteiger partial charge in [0.2, 0.25) is 0 Å². The monoisotopic (exact) mass is 206 g/mol. The van der Waals surface area contributed by atoms with Crippen molar-refractivity contribution < 1.29 is 0 Å². The Morgan fingerprint density at radius 3 is 2.86 bits per heavy atom. The summed E-state index contributed by atoms with van der Waals surface area (Å²) in [5, 5.41) is 12.2. The van der Waals surface area contributed by atoms with Gasteiger partial charge in [-0.15, -0.1) is 11.8 Å². The summed E-state index contributed by atoms with van der Waals surface area (Å²) in [7, 11) is 0. The fourth-order valence-corrected chi connectivity index (χ4v) is 1.75. The second kappa shape index (κ2) is 5.69. The van der Waals surface area contributed by atoms with Crippen molar-refractivity contribution in [1.82, 2.24) is 5.32 Å². The van der Waals surface area contributed by atoms with Crippen LogP contribution in [0.25, 0.3) is 0 Å². The van der Waals surface area contributed by atoms with Gasteiger partial charge in [0.25, 0.3) is 0 Å². The van der Waals surface area contributed by atoms with Gasteiger partial charge in [-0.05, 0) is 30.5 Å². The minimum atomic E-state index is 0.771. The number of nitrogens with one attached hydrogen (secondary N) is 1. The van der Waals surface area contributed by atoms with Crippen LogP contribution in [0.3, 0.4) is 0 Å². The van der Waals surface area contributed by atoms with Gasteiger partial charge in [-0.25, -0.2) is 0 Å². The highest BCUT2D eigenvalue weighted by molar-refractivity contribution is 7.98. The fraction of sp³-hybridized carbons (Fsp3) is 0.364. The summed E-state index contributed by atoms with van der Waals surface area (Å²) in [4.78, 5) is 1.05. The predicted molar refractivity (Wildman–Crippen MR) is 60.3 cm³/mol. The van der Waals surface area contributed by atoms with E-state index in [1.54, 1.807) is 11.8 Å². The molecule has 3 heteroatoms. The van der Waals surface area contributed by atoms with E-state index in [1.165, 1.54) is 5.56 Å². The van der Waals surface area contributed by atoms with Crippen molar-refractivity contribution in [3.63, 3.8) is 0 Å². The highest BCUT2D eigenvalue weighted by atomic mass is 32.2. The number of hydrogen-bond acceptors (Lipinski definition) is 3. The molecule has 1 rings (SSSR count). The third-order valence-electron chi connectivity index (χ3n) is 1.96. The molecule has 0 aliphatic rings. The molecule has 0 bridgehead atoms. The lowest BCUT2D eigenvalue weighted by molar-refractivity contribution is 0.726. The maximum atomic E-state index is 8.92. The zero-order valence-electron chi connectivity index (χ0n) is 8.50. The molecule has 1 aromatic rings. The molecule has 0 unspecified atom stereocenters. The second-order valence-electron chi connectivity index (χ2n) is 2.93. The number of rotatable bonds is 4. The van der Waals surface area contributed by atoms with Gasteiger partial charge in [-0.3, -0.25) is 0 Å². The molecular formula is C11H14N2S. The summed E-state index contributed by atoms with van der Waals surface area (Å²) in [6, 6.07) is 8.24. The Bertz CT molecular complexity index is 342. The van der Waals surface area contributed by atoms with Crippen LogP contribution in [-0.4, -0.2) is 12.8 Å². The molecule has 0 saturated heterocycles. The van der Waals surface area contributed by atoms with Crippen molar-refractivity contribution >= 4 is 11.8 Å². The van der Waals surface area contributed by atoms with Crippen molar-refractivity contribution in [3.05, 3.63) is 29.3 Å². The predicted octanol–water partition coefficient (Wildman–Crippen LogP) is 2.39. The van der Waals surface area contributed by atoms with E-state index in [0.717, 1.165) is 23.5 Å². The Balaban J connectivity index is 2.86. The quantitative estimate of drug-likeness (QED) is 0.768. The zero-order valence-corrected chi connectivity index (χ0v) is 9.32. The molecule has 1 aromatic carbocycles. The smallest absolute Gasteiger partial charge is 0.100 e. The minimum Gasteiger partial charge on any atom is -0.313 e. The maximum Gasteiger partial charge on any atom is 0.100 e. The van der Waals surface area contributed by atoms with Gasteiger partial charge < -0.3 is 5.32 Å². The third-order valence-corrected chi connectivity index (χ3v) is 2.76. The second-order valence-corrected chi connectivity index (χ2v) is 3.77. The molecule has 0 fully saturated rings. The fourth-order valence-electron chi connectivity index (χ4n) is 1.22. The van der Waals surface area contributed by atoms with E-state index in [4.69, 9.17) is 5.26 Å². The number of nitrogens with zero attached hydrogens (tertiary/aromatic N) is 1. The van der Waals surface area contributed by atoms with Crippen LogP contribution in [0, 0.1) is 11.3 Å². The Labute approximate surface area is 89.3 Å². The number of benzene rings is 1. The maximum absolute atomic E-state index is 8.92. The van der Waals surface area contributed by atoms with Crippen LogP contribution in [0.1, 0.15) is 18.1 Å². The SMILES string of the molecule is CCNCc1ccc(SC)c(C#N)c1. The third kappa shape index (κ3) is 2.76. The summed E-state index contributed by atoms with van der Waals surface area (Å²) in [6.45, 7) is 3.85. The van der Waals surface area contributed by atoms with Crippen molar-refractivity contribution in [2.24, 2.45) is 0 Å². The number of thioether (sulfide) groups is 1. The summed E-state index contributed by atoms with van der Waals surface area (Å²) in [5.74, 6) is 0. The van der Waals surface area contributed by atoms with Crippen LogP contribution >= 0.6 is 11.8 Å². The lowest BCUT2D eigenvalue weighted by Gasteiger charge is -2.05. The molecule has 2 nitrogen and oxygen atoms in total. The summed E-state index contributed by atoms with van der Waals surface area (Å²) in [6.07, 6.45) is 1.99. The van der Waals surface area contributed by atoms with E-state index in [1.807, 2.05) is 18.4 Å². The van der Waals surface area contributed by atoms with Gasteiger partial charge in [0, 0.05) is 11.4 Å². The highest BCUT2D eigenvalue weighted by Crippen LogP contribution is 2.20. The molecule has 14 heavy (non-hydrogen) atoms. The van der Waals surface area contributed by atoms with Crippen LogP contribution in [0.15, 0.2) is 23.1 Å². The standard InChI is InChI=1S/C11H14N2S/c1-3-13-8-9-4-5-11(14-2)10(6-9)7-12/h4-6,13H,3,8H2,1-2H3. The molecule has 74 valence electrons. The summed E-state index contributed by atoms with van der Waals surface area (Å²) in [5.41, 5.74) is 1.94. The van der Waals surface area contributed by atoms with Gasteiger partial charge in [-0.1, -0.05) is 13.0 Å². The Kier molecular flexibility index (Phi) is 4.51. The van der Waals surface area contributed by atoms with Crippen molar-refractivity contribution in [3.8, 4) is 6.07 Å². The van der Waals surface area contributed by atoms with Gasteiger partial charge in [0.1, 0.15) is 6.07 Å². The van der Waals surface area contributed by atoms with Crippen molar-refractivity contribution in [2.45, 2.75) is 18.4 Å². The first-order valence-electron chi connectivity index (χ1n) is 4.59. The molecule has 0 amide bonds. The topological polar surface area (TPSA) is 35.8 Å². The van der Waals surface area contributed by atoms with Crippen molar-refractivity contribution in [1.29, 1.82) is 5.26 Å². The van der Waals surface area contributed by atoms with E-state index in [-0.39, 0.29) is 0 Å². The van der Waals surface area contributed by atoms with Crippen LogP contribution in [0.5, 0.6) is 0 Å². The van der Waals surface area contributed by atoms with Gasteiger partial charge in [0.05, 0.1) is 5.56 Å². The van der Waals surface area contributed by atoms with E-state index in [2.05, 4.69) is 24.4 Å². The molecule has 1 N–H and O–H groups in total. The molecule has 0 aromatic heterocycles. The van der Waals surface area contributed by atoms with Crippen molar-refractivity contribution in [2.75, 3.05) is 12.8 Å². The molecule has 0 heterocycles. The van der Waals surface area contributed by atoms with E-state index < -0.39 is 0 Å². The molecule has 0 radical (unpaired) electrons. The van der Waals surface area contributed by atoms with Gasteiger partial charge in [0.15, 0.2) is 0 Å². The minimum absolute atomic E-state index is 0.771. The Morgan fingerprint density at radius 1 is 1.50 bits per heavy atom. The normalized spacial score (nSPS) is 9.79. The Morgan fingerprint density at radius 2 is 2.29 bits per heavy atom. The molecular weight excluding hydrogens is 192 g/mol. The van der Waals surface area contributed by atoms with E-state index >= 15 is 0 Å². The van der Waals surface area contributed by atoms with Crippen LogP contribution in [-0.2, 0) is 6.54 Å². The zero-order chi connectivity index (χ0) is 10.4. The van der Waals surface area contributed by atoms with Gasteiger partial charge in [-0.2, -0.15) is 5.26 Å². The average Bonchev–Trinajstić information content (AvgIpc) is 2.25. The lowest BCUT2D eigenvalue weighted by atomic mass is 10.1. The van der Waals surface area contributed by atoms with Crippen LogP contribution in [0.2, 0.25) is 0 Å². The number of nitriles is 1. The average molecular weight is 206 g/mol. The molecule has 0 atom stereocenters. The highest BCUT2D eigenvalue weighted by Gasteiger charge is 2.01. The van der Waals surface area contributed by atoms with Crippen LogP contribution < -0.4 is 5.32 Å². The Hall–Kier alpha value is -0.980. The van der Waals surface area contributed by atoms with E-state index in [9.17, 15) is 0 Å². The molecule has 0 aliphatic heterocycles. The molecule has 0 spiro atoms. The first-order chi connectivity index (χ1) is 6.81.